The van der Waals surface area contributed by atoms with Crippen molar-refractivity contribution >= 4 is 52.3 Å². The average Bonchev–Trinajstić information content (AvgIpc) is 3.53. The van der Waals surface area contributed by atoms with E-state index in [-0.39, 0.29) is 47.0 Å². The summed E-state index contributed by atoms with van der Waals surface area (Å²) in [4.78, 5) is 70.2. The zero-order valence-electron chi connectivity index (χ0n) is 27.9. The minimum absolute atomic E-state index is 0.0177. The number of methoxy groups -OCH3 is 1. The molecule has 268 valence electrons. The smallest absolute Gasteiger partial charge is 0.269 e. The van der Waals surface area contributed by atoms with Crippen LogP contribution in [0.4, 0.5) is 21.5 Å². The number of anilines is 2. The van der Waals surface area contributed by atoms with E-state index in [0.29, 0.717) is 16.2 Å². The Morgan fingerprint density at radius 2 is 1.62 bits per heavy atom. The highest BCUT2D eigenvalue weighted by Crippen LogP contribution is 2.65. The Bertz CT molecular complexity index is 2250. The number of phenolic OH excluding ortho intramolecular Hbond substituents is 1. The van der Waals surface area contributed by atoms with E-state index in [9.17, 15) is 34.0 Å². The van der Waals surface area contributed by atoms with Gasteiger partial charge in [0.2, 0.25) is 11.8 Å². The molecule has 53 heavy (non-hydrogen) atoms. The number of nitrogens with one attached hydrogen (secondary N) is 1. The number of hydrazine groups is 1. The van der Waals surface area contributed by atoms with Gasteiger partial charge in [-0.15, -0.1) is 0 Å². The summed E-state index contributed by atoms with van der Waals surface area (Å²) in [5.41, 5.74) is 2.73. The van der Waals surface area contributed by atoms with Crippen molar-refractivity contribution in [3.8, 4) is 11.5 Å². The van der Waals surface area contributed by atoms with Gasteiger partial charge in [-0.25, -0.2) is 4.39 Å². The van der Waals surface area contributed by atoms with Gasteiger partial charge >= 0.3 is 0 Å². The van der Waals surface area contributed by atoms with Crippen LogP contribution in [-0.2, 0) is 24.6 Å². The summed E-state index contributed by atoms with van der Waals surface area (Å²) in [7, 11) is 1.39. The van der Waals surface area contributed by atoms with E-state index in [4.69, 9.17) is 16.3 Å². The minimum atomic E-state index is -1.70. The number of allylic oxidation sites excluding steroid dienone is 2. The molecule has 2 saturated heterocycles. The fraction of sp³-hybridized carbons (Fsp3) is 0.231. The molecule has 1 saturated carbocycles. The zero-order valence-corrected chi connectivity index (χ0v) is 28.7. The van der Waals surface area contributed by atoms with Gasteiger partial charge in [-0.1, -0.05) is 47.5 Å². The van der Waals surface area contributed by atoms with Crippen LogP contribution in [0.5, 0.6) is 11.5 Å². The Hall–Kier alpha value is -6.08. The fourth-order valence-corrected chi connectivity index (χ4v) is 9.04. The molecule has 12 nitrogen and oxygen atoms in total. The first-order valence-electron chi connectivity index (χ1n) is 16.8. The molecular weight excluding hydrogens is 707 g/mol. The second-order valence-electron chi connectivity index (χ2n) is 13.6. The Kier molecular flexibility index (Phi) is 8.06. The molecule has 0 aromatic heterocycles. The van der Waals surface area contributed by atoms with Crippen molar-refractivity contribution in [1.82, 2.24) is 5.01 Å². The predicted molar refractivity (Wildman–Crippen MR) is 189 cm³/mol. The highest BCUT2D eigenvalue weighted by atomic mass is 35.5. The normalized spacial score (nSPS) is 26.2. The SMILES string of the molecule is COc1cccc([C@H]2C3=CC[C@@H]4C(=O)N(c5ccc([N+](=O)[O-])cc5)C(=O)[C@@H]4[C@@H]3C[C@H]3C(=O)N(Nc4ccc(F)cc4)C(=O)[C@@]23c2ccc(Cl)cc2)c1O. The van der Waals surface area contributed by atoms with E-state index in [1.165, 1.54) is 55.6 Å². The lowest BCUT2D eigenvalue weighted by Gasteiger charge is -2.50. The number of para-hydroxylation sites is 1. The number of aromatic hydroxyl groups is 1. The number of hydrogen-bond donors (Lipinski definition) is 2. The van der Waals surface area contributed by atoms with Crippen molar-refractivity contribution in [3.05, 3.63) is 135 Å². The molecule has 8 rings (SSSR count). The third-order valence-corrected chi connectivity index (χ3v) is 11.4. The highest BCUT2D eigenvalue weighted by Gasteiger charge is 2.70. The third-order valence-electron chi connectivity index (χ3n) is 11.1. The van der Waals surface area contributed by atoms with Gasteiger partial charge in [0.15, 0.2) is 11.5 Å². The maximum atomic E-state index is 15.2. The van der Waals surface area contributed by atoms with Crippen LogP contribution in [0.15, 0.2) is 103 Å². The van der Waals surface area contributed by atoms with Crippen LogP contribution in [-0.4, -0.2) is 45.8 Å². The summed E-state index contributed by atoms with van der Waals surface area (Å²) in [5, 5.41) is 24.4. The zero-order chi connectivity index (χ0) is 37.3. The molecule has 6 atom stereocenters. The first-order valence-corrected chi connectivity index (χ1v) is 17.2. The lowest BCUT2D eigenvalue weighted by atomic mass is 9.49. The summed E-state index contributed by atoms with van der Waals surface area (Å²) in [6.07, 6.45) is 1.94. The van der Waals surface area contributed by atoms with Gasteiger partial charge in [0.1, 0.15) is 5.82 Å². The molecule has 4 aliphatic rings. The summed E-state index contributed by atoms with van der Waals surface area (Å²) in [6.45, 7) is 0. The summed E-state index contributed by atoms with van der Waals surface area (Å²) in [6, 6.07) is 21.7. The first kappa shape index (κ1) is 34.0. The van der Waals surface area contributed by atoms with Crippen molar-refractivity contribution < 1.29 is 38.3 Å². The monoisotopic (exact) mass is 736 g/mol. The molecule has 4 amide bonds. The Balaban J connectivity index is 1.32. The number of fused-ring (bicyclic) bond motifs is 4. The third kappa shape index (κ3) is 5.01. The fourth-order valence-electron chi connectivity index (χ4n) is 8.91. The van der Waals surface area contributed by atoms with Crippen LogP contribution < -0.4 is 15.1 Å². The molecule has 3 fully saturated rings. The maximum absolute atomic E-state index is 15.2. The molecule has 2 aliphatic carbocycles. The van der Waals surface area contributed by atoms with Gasteiger partial charge in [0.25, 0.3) is 17.5 Å². The number of phenols is 1. The van der Waals surface area contributed by atoms with Gasteiger partial charge < -0.3 is 9.84 Å². The van der Waals surface area contributed by atoms with Crippen molar-refractivity contribution in [2.45, 2.75) is 24.2 Å². The molecule has 2 N–H and O–H groups in total. The van der Waals surface area contributed by atoms with Crippen LogP contribution in [0.2, 0.25) is 5.02 Å². The number of non-ortho nitro benzene ring substituents is 1. The Labute approximate surface area is 306 Å². The molecular formula is C39H30ClFN4O8. The Morgan fingerprint density at radius 1 is 0.925 bits per heavy atom. The molecule has 2 heterocycles. The summed E-state index contributed by atoms with van der Waals surface area (Å²) >= 11 is 6.33. The first-order chi connectivity index (χ1) is 25.5. The quantitative estimate of drug-likeness (QED) is 0.0962. The standard InChI is InChI=1S/C39H30ClFN4O8/c1-53-31-4-2-3-28(34(31)46)33-26-17-18-27-32(37(49)43(35(27)47)24-13-15-25(16-14-24)45(51)52)29(26)19-30-36(48)44(42-23-11-9-22(41)10-12-23)38(50)39(30,33)20-5-7-21(40)8-6-20/h2-17,27,29-30,32-33,42,46H,18-19H2,1H3/t27-,29+,30-,32-,33+,39+/m0/s1. The van der Waals surface area contributed by atoms with Crippen LogP contribution in [0.1, 0.15) is 29.9 Å². The van der Waals surface area contributed by atoms with Gasteiger partial charge in [-0.3, -0.25) is 39.6 Å². The number of imide groups is 2. The molecule has 4 aromatic rings. The molecule has 0 unspecified atom stereocenters. The predicted octanol–water partition coefficient (Wildman–Crippen LogP) is 6.29. The average molecular weight is 737 g/mol. The number of ether oxygens (including phenoxy) is 1. The lowest BCUT2D eigenvalue weighted by Crippen LogP contribution is -2.53. The minimum Gasteiger partial charge on any atom is -0.504 e. The molecule has 0 spiro atoms. The second-order valence-corrected chi connectivity index (χ2v) is 14.0. The van der Waals surface area contributed by atoms with Crippen molar-refractivity contribution in [3.63, 3.8) is 0 Å². The number of halogens is 2. The van der Waals surface area contributed by atoms with E-state index >= 15 is 4.79 Å². The number of hydrogen-bond acceptors (Lipinski definition) is 9. The van der Waals surface area contributed by atoms with Gasteiger partial charge in [0.05, 0.1) is 46.6 Å². The lowest BCUT2D eigenvalue weighted by molar-refractivity contribution is -0.384. The van der Waals surface area contributed by atoms with Crippen molar-refractivity contribution in [2.75, 3.05) is 17.4 Å². The van der Waals surface area contributed by atoms with Crippen LogP contribution in [0.3, 0.4) is 0 Å². The number of nitro benzene ring substituents is 1. The molecule has 0 bridgehead atoms. The molecule has 0 radical (unpaired) electrons. The summed E-state index contributed by atoms with van der Waals surface area (Å²) in [5.74, 6) is -7.60. The van der Waals surface area contributed by atoms with Crippen molar-refractivity contribution in [2.24, 2.45) is 23.7 Å². The molecule has 4 aromatic carbocycles. The van der Waals surface area contributed by atoms with Gasteiger partial charge in [-0.2, -0.15) is 5.01 Å². The van der Waals surface area contributed by atoms with Gasteiger partial charge in [-0.05, 0) is 78.9 Å². The maximum Gasteiger partial charge on any atom is 0.269 e. The van der Waals surface area contributed by atoms with Gasteiger partial charge in [0, 0.05) is 28.6 Å². The van der Waals surface area contributed by atoms with Crippen LogP contribution in [0, 0.1) is 39.6 Å². The molecule has 2 aliphatic heterocycles. The Morgan fingerprint density at radius 3 is 2.28 bits per heavy atom. The number of benzene rings is 4. The van der Waals surface area contributed by atoms with Crippen LogP contribution in [0.25, 0.3) is 0 Å². The number of carbonyl (C=O) groups is 4. The van der Waals surface area contributed by atoms with Crippen LogP contribution >= 0.6 is 11.6 Å². The molecule has 14 heteroatoms. The topological polar surface area (TPSA) is 159 Å². The van der Waals surface area contributed by atoms with E-state index in [1.807, 2.05) is 6.08 Å². The highest BCUT2D eigenvalue weighted by molar-refractivity contribution is 6.30. The van der Waals surface area contributed by atoms with E-state index < -0.39 is 69.4 Å². The van der Waals surface area contributed by atoms with E-state index in [2.05, 4.69) is 5.43 Å². The number of rotatable bonds is 7. The van der Waals surface area contributed by atoms with E-state index in [0.717, 1.165) is 9.91 Å². The summed E-state index contributed by atoms with van der Waals surface area (Å²) < 4.78 is 19.3. The number of nitro groups is 1. The number of carbonyl (C=O) groups excluding carboxylic acids is 4. The van der Waals surface area contributed by atoms with E-state index in [1.54, 1.807) is 42.5 Å². The largest absolute Gasteiger partial charge is 0.504 e. The second kappa shape index (κ2) is 12.6. The van der Waals surface area contributed by atoms with Crippen molar-refractivity contribution in [1.29, 1.82) is 0 Å². The number of amides is 4. The number of nitrogens with zero attached hydrogens (tertiary/aromatic N) is 3.